The van der Waals surface area contributed by atoms with Crippen LogP contribution in [-0.4, -0.2) is 0 Å². The van der Waals surface area contributed by atoms with Gasteiger partial charge in [0, 0.05) is 11.1 Å². The maximum atomic E-state index is 6.02. The first-order valence-corrected chi connectivity index (χ1v) is 6.64. The minimum Gasteiger partial charge on any atom is -0.271 e. The molecule has 1 aromatic rings. The zero-order valence-corrected chi connectivity index (χ0v) is 11.7. The largest absolute Gasteiger partial charge is 0.271 e. The van der Waals surface area contributed by atoms with Crippen LogP contribution < -0.4 is 11.3 Å². The summed E-state index contributed by atoms with van der Waals surface area (Å²) < 4.78 is 0. The van der Waals surface area contributed by atoms with Crippen LogP contribution in [0.2, 0.25) is 5.02 Å². The fourth-order valence-electron chi connectivity index (χ4n) is 1.96. The van der Waals surface area contributed by atoms with Gasteiger partial charge in [-0.05, 0) is 36.5 Å². The second-order valence-electron chi connectivity index (χ2n) is 5.05. The van der Waals surface area contributed by atoms with Crippen molar-refractivity contribution in [3.8, 4) is 0 Å². The van der Waals surface area contributed by atoms with Crippen LogP contribution in [0.5, 0.6) is 0 Å². The monoisotopic (exact) mass is 254 g/mol. The van der Waals surface area contributed by atoms with Crippen molar-refractivity contribution in [3.63, 3.8) is 0 Å². The maximum absolute atomic E-state index is 6.02. The molecule has 1 unspecified atom stereocenters. The van der Waals surface area contributed by atoms with E-state index >= 15 is 0 Å². The van der Waals surface area contributed by atoms with Gasteiger partial charge in [-0.15, -0.1) is 0 Å². The molecule has 0 amide bonds. The molecule has 0 aliphatic rings. The molecule has 0 bridgehead atoms. The SMILES string of the molecule is Cc1cc(C(CCCC(C)C)NN)ccc1Cl. The number of hydrogen-bond acceptors (Lipinski definition) is 2. The third-order valence-corrected chi connectivity index (χ3v) is 3.48. The Balaban J connectivity index is 2.62. The highest BCUT2D eigenvalue weighted by molar-refractivity contribution is 6.31. The third-order valence-electron chi connectivity index (χ3n) is 3.06. The Morgan fingerprint density at radius 1 is 1.29 bits per heavy atom. The first kappa shape index (κ1) is 14.5. The van der Waals surface area contributed by atoms with Gasteiger partial charge in [-0.3, -0.25) is 11.3 Å². The van der Waals surface area contributed by atoms with E-state index in [1.807, 2.05) is 13.0 Å². The summed E-state index contributed by atoms with van der Waals surface area (Å²) in [6.45, 7) is 6.52. The Bertz CT molecular complexity index is 350. The van der Waals surface area contributed by atoms with E-state index in [0.29, 0.717) is 0 Å². The lowest BCUT2D eigenvalue weighted by molar-refractivity contribution is 0.455. The number of hydrogen-bond donors (Lipinski definition) is 2. The predicted molar refractivity (Wildman–Crippen MR) is 74.9 cm³/mol. The van der Waals surface area contributed by atoms with E-state index < -0.39 is 0 Å². The molecule has 3 heteroatoms. The minimum atomic E-state index is 0.227. The molecule has 0 radical (unpaired) electrons. The van der Waals surface area contributed by atoms with Crippen molar-refractivity contribution >= 4 is 11.6 Å². The Labute approximate surface area is 110 Å². The van der Waals surface area contributed by atoms with Crippen LogP contribution in [0.3, 0.4) is 0 Å². The summed E-state index contributed by atoms with van der Waals surface area (Å²) in [5, 5.41) is 0.812. The second kappa shape index (κ2) is 7.00. The van der Waals surface area contributed by atoms with Gasteiger partial charge in [0.1, 0.15) is 0 Å². The number of benzene rings is 1. The van der Waals surface area contributed by atoms with Gasteiger partial charge in [0.05, 0.1) is 0 Å². The number of aryl methyl sites for hydroxylation is 1. The highest BCUT2D eigenvalue weighted by atomic mass is 35.5. The zero-order valence-electron chi connectivity index (χ0n) is 11.0. The molecule has 0 heterocycles. The maximum Gasteiger partial charge on any atom is 0.0460 e. The molecule has 1 atom stereocenters. The number of nitrogens with one attached hydrogen (secondary N) is 1. The van der Waals surface area contributed by atoms with Gasteiger partial charge in [0.25, 0.3) is 0 Å². The standard InChI is InChI=1S/C14H23ClN2/c1-10(2)5-4-6-14(17-16)12-7-8-13(15)11(3)9-12/h7-10,14,17H,4-6,16H2,1-3H3. The molecule has 0 aliphatic heterocycles. The summed E-state index contributed by atoms with van der Waals surface area (Å²) in [7, 11) is 0. The van der Waals surface area contributed by atoms with Gasteiger partial charge < -0.3 is 0 Å². The first-order chi connectivity index (χ1) is 8.04. The van der Waals surface area contributed by atoms with E-state index in [4.69, 9.17) is 17.4 Å². The first-order valence-electron chi connectivity index (χ1n) is 6.26. The van der Waals surface area contributed by atoms with Crippen molar-refractivity contribution in [2.45, 2.75) is 46.1 Å². The fraction of sp³-hybridized carbons (Fsp3) is 0.571. The summed E-state index contributed by atoms with van der Waals surface area (Å²) in [5.74, 6) is 6.38. The molecule has 0 saturated carbocycles. The quantitative estimate of drug-likeness (QED) is 0.595. The van der Waals surface area contributed by atoms with Gasteiger partial charge in [0.15, 0.2) is 0 Å². The lowest BCUT2D eigenvalue weighted by Gasteiger charge is -2.17. The summed E-state index contributed by atoms with van der Waals surface area (Å²) in [5.41, 5.74) is 5.22. The molecule has 17 heavy (non-hydrogen) atoms. The highest BCUT2D eigenvalue weighted by Crippen LogP contribution is 2.24. The van der Waals surface area contributed by atoms with Crippen molar-refractivity contribution in [2.24, 2.45) is 11.8 Å². The van der Waals surface area contributed by atoms with Gasteiger partial charge in [-0.25, -0.2) is 0 Å². The molecule has 0 saturated heterocycles. The zero-order chi connectivity index (χ0) is 12.8. The topological polar surface area (TPSA) is 38.0 Å². The van der Waals surface area contributed by atoms with E-state index in [-0.39, 0.29) is 6.04 Å². The number of halogens is 1. The molecule has 1 aromatic carbocycles. The average molecular weight is 255 g/mol. The normalized spacial score (nSPS) is 13.1. The van der Waals surface area contributed by atoms with Crippen LogP contribution in [0.1, 0.15) is 50.3 Å². The van der Waals surface area contributed by atoms with Crippen molar-refractivity contribution < 1.29 is 0 Å². The van der Waals surface area contributed by atoms with Crippen molar-refractivity contribution in [3.05, 3.63) is 34.3 Å². The van der Waals surface area contributed by atoms with Crippen molar-refractivity contribution in [1.82, 2.24) is 5.43 Å². The Hall–Kier alpha value is -0.570. The van der Waals surface area contributed by atoms with Crippen LogP contribution in [0.4, 0.5) is 0 Å². The second-order valence-corrected chi connectivity index (χ2v) is 5.46. The minimum absolute atomic E-state index is 0.227. The summed E-state index contributed by atoms with van der Waals surface area (Å²) in [6, 6.07) is 6.33. The summed E-state index contributed by atoms with van der Waals surface area (Å²) >= 11 is 6.02. The predicted octanol–water partition coefficient (Wildman–Crippen LogP) is 3.98. The van der Waals surface area contributed by atoms with Crippen molar-refractivity contribution in [1.29, 1.82) is 0 Å². The Morgan fingerprint density at radius 2 is 2.00 bits per heavy atom. The molecule has 0 aromatic heterocycles. The van der Waals surface area contributed by atoms with E-state index in [9.17, 15) is 0 Å². The van der Waals surface area contributed by atoms with Crippen LogP contribution in [0, 0.1) is 12.8 Å². The van der Waals surface area contributed by atoms with E-state index in [0.717, 1.165) is 22.9 Å². The van der Waals surface area contributed by atoms with Crippen molar-refractivity contribution in [2.75, 3.05) is 0 Å². The fourth-order valence-corrected chi connectivity index (χ4v) is 2.08. The molecule has 96 valence electrons. The van der Waals surface area contributed by atoms with E-state index in [1.165, 1.54) is 18.4 Å². The van der Waals surface area contributed by atoms with Crippen LogP contribution in [0.25, 0.3) is 0 Å². The molecule has 0 fully saturated rings. The lowest BCUT2D eigenvalue weighted by Crippen LogP contribution is -2.28. The van der Waals surface area contributed by atoms with E-state index in [2.05, 4.69) is 31.4 Å². The Kier molecular flexibility index (Phi) is 5.96. The average Bonchev–Trinajstić information content (AvgIpc) is 2.28. The van der Waals surface area contributed by atoms with Crippen LogP contribution in [-0.2, 0) is 0 Å². The number of hydrazine groups is 1. The van der Waals surface area contributed by atoms with Crippen LogP contribution >= 0.6 is 11.6 Å². The molecule has 2 nitrogen and oxygen atoms in total. The van der Waals surface area contributed by atoms with Gasteiger partial charge in [0.2, 0.25) is 0 Å². The smallest absolute Gasteiger partial charge is 0.0460 e. The lowest BCUT2D eigenvalue weighted by atomic mass is 9.97. The number of rotatable bonds is 6. The molecular formula is C14H23ClN2. The Morgan fingerprint density at radius 3 is 2.53 bits per heavy atom. The highest BCUT2D eigenvalue weighted by Gasteiger charge is 2.10. The molecule has 0 aliphatic carbocycles. The number of nitrogens with two attached hydrogens (primary N) is 1. The van der Waals surface area contributed by atoms with Gasteiger partial charge >= 0.3 is 0 Å². The molecule has 1 rings (SSSR count). The molecule has 0 spiro atoms. The van der Waals surface area contributed by atoms with Gasteiger partial charge in [-0.1, -0.05) is 50.4 Å². The summed E-state index contributed by atoms with van der Waals surface area (Å²) in [6.07, 6.45) is 3.49. The van der Waals surface area contributed by atoms with Gasteiger partial charge in [-0.2, -0.15) is 0 Å². The van der Waals surface area contributed by atoms with Crippen LogP contribution in [0.15, 0.2) is 18.2 Å². The molecular weight excluding hydrogens is 232 g/mol. The molecule has 3 N–H and O–H groups in total. The van der Waals surface area contributed by atoms with E-state index in [1.54, 1.807) is 0 Å². The third kappa shape index (κ3) is 4.66. The summed E-state index contributed by atoms with van der Waals surface area (Å²) in [4.78, 5) is 0.